The monoisotopic (exact) mass is 291 g/mol. The Kier molecular flexibility index (Phi) is 6.05. The predicted molar refractivity (Wildman–Crippen MR) is 82.2 cm³/mol. The molecule has 0 aliphatic heterocycles. The molecule has 21 heavy (non-hydrogen) atoms. The predicted octanol–water partition coefficient (Wildman–Crippen LogP) is 2.29. The molecule has 4 heteroatoms. The first-order chi connectivity index (χ1) is 10.2. The van der Waals surface area contributed by atoms with Gasteiger partial charge in [-0.3, -0.25) is 4.79 Å². The number of nitrogens with one attached hydrogen (secondary N) is 1. The Morgan fingerprint density at radius 1 is 1.33 bits per heavy atom. The number of rotatable bonds is 7. The lowest BCUT2D eigenvalue weighted by atomic mass is 9.97. The van der Waals surface area contributed by atoms with Crippen molar-refractivity contribution >= 4 is 5.91 Å². The molecule has 1 aromatic rings. The number of amides is 1. The minimum absolute atomic E-state index is 0.0205. The SMILES string of the molecule is Cc1ccccc1OCCC(=O)NCC1CCCC1CO. The van der Waals surface area contributed by atoms with Gasteiger partial charge in [-0.25, -0.2) is 0 Å². The van der Waals surface area contributed by atoms with Gasteiger partial charge in [0, 0.05) is 13.2 Å². The summed E-state index contributed by atoms with van der Waals surface area (Å²) in [6.07, 6.45) is 3.70. The molecular formula is C17H25NO3. The highest BCUT2D eigenvalue weighted by Crippen LogP contribution is 2.30. The lowest BCUT2D eigenvalue weighted by Crippen LogP contribution is -2.32. The van der Waals surface area contributed by atoms with Gasteiger partial charge in [0.25, 0.3) is 0 Å². The van der Waals surface area contributed by atoms with Gasteiger partial charge in [0.05, 0.1) is 13.0 Å². The van der Waals surface area contributed by atoms with Crippen LogP contribution < -0.4 is 10.1 Å². The van der Waals surface area contributed by atoms with Crippen molar-refractivity contribution in [3.05, 3.63) is 29.8 Å². The average Bonchev–Trinajstić information content (AvgIpc) is 2.94. The van der Waals surface area contributed by atoms with E-state index in [4.69, 9.17) is 4.74 Å². The van der Waals surface area contributed by atoms with Gasteiger partial charge in [-0.15, -0.1) is 0 Å². The normalized spacial score (nSPS) is 21.2. The fourth-order valence-electron chi connectivity index (χ4n) is 2.93. The van der Waals surface area contributed by atoms with Gasteiger partial charge < -0.3 is 15.2 Å². The molecule has 1 aromatic carbocycles. The van der Waals surface area contributed by atoms with Gasteiger partial charge in [-0.05, 0) is 43.2 Å². The summed E-state index contributed by atoms with van der Waals surface area (Å²) in [7, 11) is 0. The number of hydrogen-bond donors (Lipinski definition) is 2. The number of aliphatic hydroxyl groups excluding tert-OH is 1. The van der Waals surface area contributed by atoms with Crippen LogP contribution in [0.3, 0.4) is 0 Å². The largest absolute Gasteiger partial charge is 0.493 e. The Morgan fingerprint density at radius 2 is 2.10 bits per heavy atom. The van der Waals surface area contributed by atoms with Gasteiger partial charge >= 0.3 is 0 Å². The standard InChI is InChI=1S/C17H25NO3/c1-13-5-2-3-8-16(13)21-10-9-17(20)18-11-14-6-4-7-15(14)12-19/h2-3,5,8,14-15,19H,4,6-7,9-12H2,1H3,(H,18,20). The Morgan fingerprint density at radius 3 is 2.86 bits per heavy atom. The topological polar surface area (TPSA) is 58.6 Å². The maximum atomic E-state index is 11.8. The number of para-hydroxylation sites is 1. The highest BCUT2D eigenvalue weighted by Gasteiger charge is 2.26. The van der Waals surface area contributed by atoms with E-state index in [1.54, 1.807) is 0 Å². The van der Waals surface area contributed by atoms with E-state index >= 15 is 0 Å². The molecule has 2 atom stereocenters. The van der Waals surface area contributed by atoms with Crippen molar-refractivity contribution in [2.45, 2.75) is 32.6 Å². The molecule has 1 fully saturated rings. The number of benzene rings is 1. The summed E-state index contributed by atoms with van der Waals surface area (Å²) in [6, 6.07) is 7.80. The van der Waals surface area contributed by atoms with Crippen molar-refractivity contribution in [2.75, 3.05) is 19.8 Å². The molecule has 1 saturated carbocycles. The van der Waals surface area contributed by atoms with E-state index in [2.05, 4.69) is 5.32 Å². The van der Waals surface area contributed by atoms with E-state index in [0.29, 0.717) is 31.4 Å². The summed E-state index contributed by atoms with van der Waals surface area (Å²) < 4.78 is 5.62. The van der Waals surface area contributed by atoms with E-state index in [-0.39, 0.29) is 12.5 Å². The van der Waals surface area contributed by atoms with Crippen molar-refractivity contribution in [3.8, 4) is 5.75 Å². The lowest BCUT2D eigenvalue weighted by molar-refractivity contribution is -0.121. The summed E-state index contributed by atoms with van der Waals surface area (Å²) in [5.74, 6) is 1.64. The number of hydrogen-bond acceptors (Lipinski definition) is 3. The van der Waals surface area contributed by atoms with Crippen LogP contribution in [-0.4, -0.2) is 30.8 Å². The van der Waals surface area contributed by atoms with Crippen LogP contribution in [0.15, 0.2) is 24.3 Å². The molecule has 2 N–H and O–H groups in total. The summed E-state index contributed by atoms with van der Waals surface area (Å²) in [5, 5.41) is 12.2. The van der Waals surface area contributed by atoms with Gasteiger partial charge in [-0.2, -0.15) is 0 Å². The molecule has 2 rings (SSSR count). The molecule has 116 valence electrons. The van der Waals surface area contributed by atoms with Crippen molar-refractivity contribution < 1.29 is 14.6 Å². The van der Waals surface area contributed by atoms with E-state index in [1.165, 1.54) is 0 Å². The number of aryl methyl sites for hydroxylation is 1. The lowest BCUT2D eigenvalue weighted by Gasteiger charge is -2.17. The van der Waals surface area contributed by atoms with Gasteiger partial charge in [0.1, 0.15) is 5.75 Å². The Balaban J connectivity index is 1.65. The van der Waals surface area contributed by atoms with Crippen LogP contribution in [0.1, 0.15) is 31.2 Å². The third-order valence-electron chi connectivity index (χ3n) is 4.29. The van der Waals surface area contributed by atoms with Crippen LogP contribution in [0.5, 0.6) is 5.75 Å². The first-order valence-electron chi connectivity index (χ1n) is 7.76. The van der Waals surface area contributed by atoms with Gasteiger partial charge in [0.2, 0.25) is 5.91 Å². The smallest absolute Gasteiger partial charge is 0.223 e. The first kappa shape index (κ1) is 15.8. The van der Waals surface area contributed by atoms with Gasteiger partial charge in [-0.1, -0.05) is 24.6 Å². The van der Waals surface area contributed by atoms with Crippen LogP contribution in [0, 0.1) is 18.8 Å². The number of carbonyl (C=O) groups is 1. The number of ether oxygens (including phenoxy) is 1. The van der Waals surface area contributed by atoms with Crippen molar-refractivity contribution in [3.63, 3.8) is 0 Å². The number of aliphatic hydroxyl groups is 1. The molecule has 0 aromatic heterocycles. The minimum atomic E-state index is 0.0205. The molecule has 0 radical (unpaired) electrons. The molecule has 4 nitrogen and oxygen atoms in total. The fraction of sp³-hybridized carbons (Fsp3) is 0.588. The van der Waals surface area contributed by atoms with Crippen LogP contribution in [0.25, 0.3) is 0 Å². The highest BCUT2D eigenvalue weighted by atomic mass is 16.5. The number of carbonyl (C=O) groups excluding carboxylic acids is 1. The Labute approximate surface area is 126 Å². The molecule has 1 aliphatic carbocycles. The molecule has 0 saturated heterocycles. The first-order valence-corrected chi connectivity index (χ1v) is 7.76. The van der Waals surface area contributed by atoms with Crippen molar-refractivity contribution in [2.24, 2.45) is 11.8 Å². The molecule has 0 spiro atoms. The van der Waals surface area contributed by atoms with E-state index < -0.39 is 0 Å². The molecule has 1 amide bonds. The zero-order valence-corrected chi connectivity index (χ0v) is 12.7. The van der Waals surface area contributed by atoms with Gasteiger partial charge in [0.15, 0.2) is 0 Å². The van der Waals surface area contributed by atoms with Crippen molar-refractivity contribution in [1.82, 2.24) is 5.32 Å². The molecule has 0 bridgehead atoms. The van der Waals surface area contributed by atoms with E-state index in [1.807, 2.05) is 31.2 Å². The minimum Gasteiger partial charge on any atom is -0.493 e. The Hall–Kier alpha value is -1.55. The Bertz CT molecular complexity index is 461. The maximum absolute atomic E-state index is 11.8. The van der Waals surface area contributed by atoms with Crippen molar-refractivity contribution in [1.29, 1.82) is 0 Å². The highest BCUT2D eigenvalue weighted by molar-refractivity contribution is 5.76. The zero-order valence-electron chi connectivity index (χ0n) is 12.7. The molecular weight excluding hydrogens is 266 g/mol. The summed E-state index contributed by atoms with van der Waals surface area (Å²) in [5.41, 5.74) is 1.08. The van der Waals surface area contributed by atoms with E-state index in [0.717, 1.165) is 30.6 Å². The fourth-order valence-corrected chi connectivity index (χ4v) is 2.93. The van der Waals surface area contributed by atoms with Crippen LogP contribution in [0.4, 0.5) is 0 Å². The second-order valence-corrected chi connectivity index (χ2v) is 5.80. The maximum Gasteiger partial charge on any atom is 0.223 e. The van der Waals surface area contributed by atoms with Crippen LogP contribution in [-0.2, 0) is 4.79 Å². The summed E-state index contributed by atoms with van der Waals surface area (Å²) in [4.78, 5) is 11.8. The zero-order chi connectivity index (χ0) is 15.1. The molecule has 2 unspecified atom stereocenters. The third-order valence-corrected chi connectivity index (χ3v) is 4.29. The van der Waals surface area contributed by atoms with E-state index in [9.17, 15) is 9.90 Å². The third kappa shape index (κ3) is 4.74. The average molecular weight is 291 g/mol. The molecule has 1 aliphatic rings. The summed E-state index contributed by atoms with van der Waals surface area (Å²) in [6.45, 7) is 3.29. The quantitative estimate of drug-likeness (QED) is 0.810. The summed E-state index contributed by atoms with van der Waals surface area (Å²) >= 11 is 0. The van der Waals surface area contributed by atoms with Crippen LogP contribution >= 0.6 is 0 Å². The second kappa shape index (κ2) is 8.03. The second-order valence-electron chi connectivity index (χ2n) is 5.80. The molecule has 0 heterocycles. The van der Waals surface area contributed by atoms with Crippen LogP contribution in [0.2, 0.25) is 0 Å².